The van der Waals surface area contributed by atoms with E-state index in [1.807, 2.05) is 0 Å². The summed E-state index contributed by atoms with van der Waals surface area (Å²) in [5.74, 6) is -0.0172. The van der Waals surface area contributed by atoms with Crippen LogP contribution in [0.2, 0.25) is 0 Å². The van der Waals surface area contributed by atoms with Crippen molar-refractivity contribution in [2.75, 3.05) is 0 Å². The Morgan fingerprint density at radius 3 is 2.20 bits per heavy atom. The van der Waals surface area contributed by atoms with E-state index in [-0.39, 0.29) is 5.78 Å². The van der Waals surface area contributed by atoms with Gasteiger partial charge in [0.05, 0.1) is 11.3 Å². The SMILES string of the molecule is CCC(=O)c1ccc(-c2ccc(C(F)(F)F)cc2)nc1. The van der Waals surface area contributed by atoms with Crippen LogP contribution in [0.25, 0.3) is 11.3 Å². The number of carbonyl (C=O) groups excluding carboxylic acids is 1. The molecule has 0 saturated carbocycles. The number of ketones is 1. The molecule has 20 heavy (non-hydrogen) atoms. The number of alkyl halides is 3. The molecule has 2 nitrogen and oxygen atoms in total. The third-order valence-electron chi connectivity index (χ3n) is 2.91. The van der Waals surface area contributed by atoms with E-state index in [2.05, 4.69) is 4.98 Å². The third kappa shape index (κ3) is 3.04. The number of hydrogen-bond donors (Lipinski definition) is 0. The van der Waals surface area contributed by atoms with E-state index in [1.54, 1.807) is 19.1 Å². The Labute approximate surface area is 114 Å². The summed E-state index contributed by atoms with van der Waals surface area (Å²) >= 11 is 0. The first kappa shape index (κ1) is 14.2. The van der Waals surface area contributed by atoms with Crippen LogP contribution in [0, 0.1) is 0 Å². The molecule has 0 saturated heterocycles. The Balaban J connectivity index is 2.26. The normalized spacial score (nSPS) is 11.4. The van der Waals surface area contributed by atoms with Crippen molar-refractivity contribution in [1.29, 1.82) is 0 Å². The maximum absolute atomic E-state index is 12.4. The van der Waals surface area contributed by atoms with E-state index >= 15 is 0 Å². The van der Waals surface area contributed by atoms with Gasteiger partial charge in [0.2, 0.25) is 0 Å². The van der Waals surface area contributed by atoms with E-state index < -0.39 is 11.7 Å². The molecule has 1 aromatic carbocycles. The smallest absolute Gasteiger partial charge is 0.294 e. The molecule has 0 unspecified atom stereocenters. The molecule has 0 atom stereocenters. The highest BCUT2D eigenvalue weighted by Crippen LogP contribution is 2.30. The molecule has 1 heterocycles. The van der Waals surface area contributed by atoms with Crippen LogP contribution in [0.5, 0.6) is 0 Å². The number of hydrogen-bond acceptors (Lipinski definition) is 2. The molecule has 1 aromatic heterocycles. The van der Waals surface area contributed by atoms with Crippen molar-refractivity contribution in [2.24, 2.45) is 0 Å². The molecule has 0 spiro atoms. The lowest BCUT2D eigenvalue weighted by molar-refractivity contribution is -0.137. The van der Waals surface area contributed by atoms with Crippen LogP contribution >= 0.6 is 0 Å². The molecule has 2 aromatic rings. The van der Waals surface area contributed by atoms with Crippen LogP contribution in [-0.2, 0) is 6.18 Å². The number of rotatable bonds is 3. The van der Waals surface area contributed by atoms with Gasteiger partial charge in [0, 0.05) is 23.7 Å². The van der Waals surface area contributed by atoms with Gasteiger partial charge < -0.3 is 0 Å². The summed E-state index contributed by atoms with van der Waals surface area (Å²) in [6.07, 6.45) is -2.51. The lowest BCUT2D eigenvalue weighted by atomic mass is 10.1. The van der Waals surface area contributed by atoms with Crippen molar-refractivity contribution >= 4 is 5.78 Å². The minimum Gasteiger partial charge on any atom is -0.294 e. The number of pyridine rings is 1. The minimum absolute atomic E-state index is 0.0172. The molecule has 0 bridgehead atoms. The zero-order chi connectivity index (χ0) is 14.8. The van der Waals surface area contributed by atoms with Crippen molar-refractivity contribution in [3.8, 4) is 11.3 Å². The molecule has 104 valence electrons. The van der Waals surface area contributed by atoms with E-state index in [1.165, 1.54) is 18.3 Å². The summed E-state index contributed by atoms with van der Waals surface area (Å²) in [4.78, 5) is 15.6. The number of Topliss-reactive ketones (excluding diaryl/α,β-unsaturated/α-hetero) is 1. The van der Waals surface area contributed by atoms with Crippen molar-refractivity contribution in [3.63, 3.8) is 0 Å². The molecule has 0 aliphatic rings. The number of aromatic nitrogens is 1. The average molecular weight is 279 g/mol. The van der Waals surface area contributed by atoms with Gasteiger partial charge in [0.1, 0.15) is 0 Å². The van der Waals surface area contributed by atoms with E-state index in [9.17, 15) is 18.0 Å². The van der Waals surface area contributed by atoms with Crippen LogP contribution in [0.15, 0.2) is 42.6 Å². The van der Waals surface area contributed by atoms with Gasteiger partial charge in [-0.25, -0.2) is 0 Å². The molecular weight excluding hydrogens is 267 g/mol. The van der Waals surface area contributed by atoms with E-state index in [0.717, 1.165) is 12.1 Å². The maximum atomic E-state index is 12.4. The van der Waals surface area contributed by atoms with Gasteiger partial charge in [-0.3, -0.25) is 9.78 Å². The third-order valence-corrected chi connectivity index (χ3v) is 2.91. The van der Waals surface area contributed by atoms with Gasteiger partial charge in [-0.1, -0.05) is 19.1 Å². The van der Waals surface area contributed by atoms with Crippen LogP contribution in [-0.4, -0.2) is 10.8 Å². The summed E-state index contributed by atoms with van der Waals surface area (Å²) in [5.41, 5.74) is 0.919. The molecule has 0 N–H and O–H groups in total. The first-order chi connectivity index (χ1) is 9.41. The summed E-state index contributed by atoms with van der Waals surface area (Å²) in [7, 11) is 0. The van der Waals surface area contributed by atoms with Gasteiger partial charge in [0.25, 0.3) is 0 Å². The molecular formula is C15H12F3NO. The van der Waals surface area contributed by atoms with Gasteiger partial charge in [-0.2, -0.15) is 13.2 Å². The second kappa shape index (κ2) is 5.45. The fourth-order valence-corrected chi connectivity index (χ4v) is 1.76. The Hall–Kier alpha value is -2.17. The van der Waals surface area contributed by atoms with Gasteiger partial charge in [-0.15, -0.1) is 0 Å². The number of benzene rings is 1. The lowest BCUT2D eigenvalue weighted by Crippen LogP contribution is -2.04. The van der Waals surface area contributed by atoms with Crippen molar-refractivity contribution < 1.29 is 18.0 Å². The predicted octanol–water partition coefficient (Wildman–Crippen LogP) is 4.36. The molecule has 0 aliphatic heterocycles. The largest absolute Gasteiger partial charge is 0.416 e. The number of carbonyl (C=O) groups is 1. The van der Waals surface area contributed by atoms with Crippen molar-refractivity contribution in [1.82, 2.24) is 4.98 Å². The zero-order valence-electron chi connectivity index (χ0n) is 10.7. The Kier molecular flexibility index (Phi) is 3.88. The zero-order valence-corrected chi connectivity index (χ0v) is 10.7. The van der Waals surface area contributed by atoms with Gasteiger partial charge in [0.15, 0.2) is 5.78 Å². The van der Waals surface area contributed by atoms with Gasteiger partial charge in [-0.05, 0) is 24.3 Å². The first-order valence-corrected chi connectivity index (χ1v) is 6.08. The molecule has 5 heteroatoms. The van der Waals surface area contributed by atoms with Crippen LogP contribution < -0.4 is 0 Å². The summed E-state index contributed by atoms with van der Waals surface area (Å²) < 4.78 is 37.3. The quantitative estimate of drug-likeness (QED) is 0.781. The lowest BCUT2D eigenvalue weighted by Gasteiger charge is -2.07. The van der Waals surface area contributed by atoms with Crippen molar-refractivity contribution in [3.05, 3.63) is 53.7 Å². The highest BCUT2D eigenvalue weighted by Gasteiger charge is 2.29. The highest BCUT2D eigenvalue weighted by molar-refractivity contribution is 5.95. The topological polar surface area (TPSA) is 30.0 Å². The fraction of sp³-hybridized carbons (Fsp3) is 0.200. The second-order valence-corrected chi connectivity index (χ2v) is 4.28. The molecule has 0 fully saturated rings. The number of halogens is 3. The van der Waals surface area contributed by atoms with E-state index in [0.29, 0.717) is 23.2 Å². The van der Waals surface area contributed by atoms with Crippen LogP contribution in [0.1, 0.15) is 29.3 Å². The monoisotopic (exact) mass is 279 g/mol. The summed E-state index contributed by atoms with van der Waals surface area (Å²) in [6, 6.07) is 8.03. The Bertz CT molecular complexity index is 601. The maximum Gasteiger partial charge on any atom is 0.416 e. The van der Waals surface area contributed by atoms with Crippen LogP contribution in [0.4, 0.5) is 13.2 Å². The molecule has 0 radical (unpaired) electrons. The standard InChI is InChI=1S/C15H12F3NO/c1-2-14(20)11-5-8-13(19-9-11)10-3-6-12(7-4-10)15(16,17)18/h3-9H,2H2,1H3. The molecule has 2 rings (SSSR count). The average Bonchev–Trinajstić information content (AvgIpc) is 2.46. The second-order valence-electron chi connectivity index (χ2n) is 4.28. The summed E-state index contributed by atoms with van der Waals surface area (Å²) in [6.45, 7) is 1.76. The van der Waals surface area contributed by atoms with Crippen LogP contribution in [0.3, 0.4) is 0 Å². The van der Waals surface area contributed by atoms with Crippen molar-refractivity contribution in [2.45, 2.75) is 19.5 Å². The van der Waals surface area contributed by atoms with E-state index in [4.69, 9.17) is 0 Å². The van der Waals surface area contributed by atoms with Gasteiger partial charge >= 0.3 is 6.18 Å². The Morgan fingerprint density at radius 2 is 1.75 bits per heavy atom. The molecule has 0 amide bonds. The fourth-order valence-electron chi connectivity index (χ4n) is 1.76. The highest BCUT2D eigenvalue weighted by atomic mass is 19.4. The first-order valence-electron chi connectivity index (χ1n) is 6.08. The Morgan fingerprint density at radius 1 is 1.10 bits per heavy atom. The molecule has 0 aliphatic carbocycles. The predicted molar refractivity (Wildman–Crippen MR) is 69.3 cm³/mol. The number of nitrogens with zero attached hydrogens (tertiary/aromatic N) is 1. The minimum atomic E-state index is -4.34. The summed E-state index contributed by atoms with van der Waals surface area (Å²) in [5, 5.41) is 0.